The molecule has 5 rings (SSSR count). The summed E-state index contributed by atoms with van der Waals surface area (Å²) >= 11 is 7.94. The Kier molecular flexibility index (Phi) is 5.59. The highest BCUT2D eigenvalue weighted by Gasteiger charge is 2.23. The van der Waals surface area contributed by atoms with Crippen LogP contribution in [0.5, 0.6) is 0 Å². The molecule has 1 amide bonds. The summed E-state index contributed by atoms with van der Waals surface area (Å²) in [6, 6.07) is 13.8. The third kappa shape index (κ3) is 3.85. The number of carbonyl (C=O) groups is 1. The number of nitrogens with zero attached hydrogens (tertiary/aromatic N) is 5. The largest absolute Gasteiger partial charge is 0.337 e. The Hall–Kier alpha value is -3.29. The maximum atomic E-state index is 11.9. The standard InChI is InChI=1S/C24H20ClN5OS/c1-2-21(31)29-10-12-30(13-11-29)24-27-20-8-7-16(25)15-19(20)22(28-24)17-5-3-4-6-18(17)23-26-9-14-32-23/h2-9,14-15H,1,10-13H2. The summed E-state index contributed by atoms with van der Waals surface area (Å²) in [7, 11) is 0. The SMILES string of the molecule is C=CC(=O)N1CCN(c2nc(-c3ccccc3-c3nccs3)c3cc(Cl)ccc3n2)CC1. The van der Waals surface area contributed by atoms with E-state index in [4.69, 9.17) is 21.6 Å². The first-order chi connectivity index (χ1) is 15.6. The van der Waals surface area contributed by atoms with E-state index in [1.807, 2.05) is 35.7 Å². The van der Waals surface area contributed by atoms with Gasteiger partial charge in [-0.15, -0.1) is 11.3 Å². The van der Waals surface area contributed by atoms with Gasteiger partial charge in [-0.05, 0) is 24.3 Å². The van der Waals surface area contributed by atoms with Gasteiger partial charge in [-0.1, -0.05) is 42.4 Å². The van der Waals surface area contributed by atoms with Crippen molar-refractivity contribution in [2.75, 3.05) is 31.1 Å². The van der Waals surface area contributed by atoms with E-state index in [0.29, 0.717) is 37.1 Å². The number of rotatable bonds is 4. The summed E-state index contributed by atoms with van der Waals surface area (Å²) in [5.41, 5.74) is 3.66. The number of fused-ring (bicyclic) bond motifs is 1. The van der Waals surface area contributed by atoms with Crippen LogP contribution in [0.25, 0.3) is 32.7 Å². The molecule has 0 atom stereocenters. The lowest BCUT2D eigenvalue weighted by Gasteiger charge is -2.34. The van der Waals surface area contributed by atoms with Crippen LogP contribution in [-0.2, 0) is 4.79 Å². The highest BCUT2D eigenvalue weighted by atomic mass is 35.5. The third-order valence-corrected chi connectivity index (χ3v) is 6.58. The van der Waals surface area contributed by atoms with Crippen LogP contribution in [-0.4, -0.2) is 51.9 Å². The third-order valence-electron chi connectivity index (χ3n) is 5.54. The van der Waals surface area contributed by atoms with E-state index < -0.39 is 0 Å². The van der Waals surface area contributed by atoms with Crippen LogP contribution in [0.15, 0.2) is 66.7 Å². The van der Waals surface area contributed by atoms with Gasteiger partial charge in [-0.3, -0.25) is 4.79 Å². The molecule has 0 radical (unpaired) electrons. The lowest BCUT2D eigenvalue weighted by Crippen LogP contribution is -2.48. The molecule has 2 aromatic carbocycles. The van der Waals surface area contributed by atoms with E-state index in [-0.39, 0.29) is 5.91 Å². The molecule has 1 saturated heterocycles. The first-order valence-corrected chi connectivity index (χ1v) is 11.5. The number of amides is 1. The van der Waals surface area contributed by atoms with E-state index >= 15 is 0 Å². The van der Waals surface area contributed by atoms with Gasteiger partial charge in [0.15, 0.2) is 0 Å². The summed E-state index contributed by atoms with van der Waals surface area (Å²) in [6.07, 6.45) is 3.17. The lowest BCUT2D eigenvalue weighted by molar-refractivity contribution is -0.126. The fourth-order valence-electron chi connectivity index (χ4n) is 3.92. The quantitative estimate of drug-likeness (QED) is 0.404. The minimum atomic E-state index is -0.0446. The summed E-state index contributed by atoms with van der Waals surface area (Å²) in [4.78, 5) is 30.2. The van der Waals surface area contributed by atoms with Crippen LogP contribution < -0.4 is 4.90 Å². The molecule has 0 aliphatic carbocycles. The molecule has 2 aromatic heterocycles. The average Bonchev–Trinajstić information content (AvgIpc) is 3.38. The normalized spacial score (nSPS) is 14.0. The van der Waals surface area contributed by atoms with Crippen LogP contribution in [0, 0.1) is 0 Å². The topological polar surface area (TPSA) is 62.2 Å². The highest BCUT2D eigenvalue weighted by Crippen LogP contribution is 2.37. The molecular weight excluding hydrogens is 442 g/mol. The van der Waals surface area contributed by atoms with Crippen molar-refractivity contribution in [3.8, 4) is 21.8 Å². The minimum Gasteiger partial charge on any atom is -0.337 e. The molecule has 6 nitrogen and oxygen atoms in total. The van der Waals surface area contributed by atoms with Crippen LogP contribution in [0.4, 0.5) is 5.95 Å². The van der Waals surface area contributed by atoms with Gasteiger partial charge >= 0.3 is 0 Å². The van der Waals surface area contributed by atoms with E-state index in [9.17, 15) is 4.79 Å². The number of aromatic nitrogens is 3. The van der Waals surface area contributed by atoms with Gasteiger partial charge in [0.2, 0.25) is 11.9 Å². The van der Waals surface area contributed by atoms with Crippen molar-refractivity contribution in [3.05, 3.63) is 71.7 Å². The Labute approximate surface area is 194 Å². The minimum absolute atomic E-state index is 0.0446. The molecular formula is C24H20ClN5OS. The summed E-state index contributed by atoms with van der Waals surface area (Å²) in [5.74, 6) is 0.603. The smallest absolute Gasteiger partial charge is 0.246 e. The van der Waals surface area contributed by atoms with Crippen LogP contribution in [0.3, 0.4) is 0 Å². The summed E-state index contributed by atoms with van der Waals surface area (Å²) in [5, 5.41) is 4.44. The van der Waals surface area contributed by atoms with Gasteiger partial charge in [0.25, 0.3) is 0 Å². The van der Waals surface area contributed by atoms with Gasteiger partial charge in [0.05, 0.1) is 11.2 Å². The molecule has 1 aliphatic heterocycles. The monoisotopic (exact) mass is 461 g/mol. The molecule has 0 bridgehead atoms. The molecule has 0 N–H and O–H groups in total. The number of carbonyl (C=O) groups excluding carboxylic acids is 1. The fourth-order valence-corrected chi connectivity index (χ4v) is 4.77. The van der Waals surface area contributed by atoms with Crippen LogP contribution in [0.2, 0.25) is 5.02 Å². The number of benzene rings is 2. The van der Waals surface area contributed by atoms with Gasteiger partial charge in [-0.2, -0.15) is 0 Å². The summed E-state index contributed by atoms with van der Waals surface area (Å²) < 4.78 is 0. The van der Waals surface area contributed by atoms with Gasteiger partial charge in [-0.25, -0.2) is 15.0 Å². The van der Waals surface area contributed by atoms with Crippen molar-refractivity contribution >= 4 is 45.7 Å². The number of hydrogen-bond donors (Lipinski definition) is 0. The lowest BCUT2D eigenvalue weighted by atomic mass is 10.0. The molecule has 0 spiro atoms. The predicted molar refractivity (Wildman–Crippen MR) is 130 cm³/mol. The Morgan fingerprint density at radius 1 is 1.06 bits per heavy atom. The fraction of sp³-hybridized carbons (Fsp3) is 0.167. The molecule has 1 fully saturated rings. The second-order valence-corrected chi connectivity index (χ2v) is 8.76. The maximum Gasteiger partial charge on any atom is 0.246 e. The average molecular weight is 462 g/mol. The Morgan fingerprint density at radius 2 is 1.84 bits per heavy atom. The number of halogens is 1. The zero-order chi connectivity index (χ0) is 22.1. The van der Waals surface area contributed by atoms with Gasteiger partial charge in [0.1, 0.15) is 5.01 Å². The Bertz CT molecular complexity index is 1300. The van der Waals surface area contributed by atoms with E-state index in [1.54, 1.807) is 22.4 Å². The number of thiazole rings is 1. The second-order valence-electron chi connectivity index (χ2n) is 7.43. The van der Waals surface area contributed by atoms with E-state index in [1.165, 1.54) is 6.08 Å². The van der Waals surface area contributed by atoms with Crippen LogP contribution in [0.1, 0.15) is 0 Å². The first-order valence-electron chi connectivity index (χ1n) is 10.3. The van der Waals surface area contributed by atoms with Gasteiger partial charge < -0.3 is 9.80 Å². The molecule has 160 valence electrons. The Morgan fingerprint density at radius 3 is 2.56 bits per heavy atom. The number of hydrogen-bond acceptors (Lipinski definition) is 6. The van der Waals surface area contributed by atoms with Crippen molar-refractivity contribution in [1.29, 1.82) is 0 Å². The first kappa shape index (κ1) is 20.6. The van der Waals surface area contributed by atoms with Crippen molar-refractivity contribution in [3.63, 3.8) is 0 Å². The van der Waals surface area contributed by atoms with Crippen LogP contribution >= 0.6 is 22.9 Å². The van der Waals surface area contributed by atoms with Crippen molar-refractivity contribution < 1.29 is 4.79 Å². The highest BCUT2D eigenvalue weighted by molar-refractivity contribution is 7.13. The second kappa shape index (κ2) is 8.68. The molecule has 0 unspecified atom stereocenters. The van der Waals surface area contributed by atoms with E-state index in [2.05, 4.69) is 28.6 Å². The molecule has 3 heterocycles. The summed E-state index contributed by atoms with van der Waals surface area (Å²) in [6.45, 7) is 6.12. The molecule has 8 heteroatoms. The molecule has 0 saturated carbocycles. The maximum absolute atomic E-state index is 11.9. The molecule has 1 aliphatic rings. The van der Waals surface area contributed by atoms with Gasteiger partial charge in [0, 0.05) is 59.3 Å². The molecule has 4 aromatic rings. The van der Waals surface area contributed by atoms with Crippen molar-refractivity contribution in [2.45, 2.75) is 0 Å². The molecule has 32 heavy (non-hydrogen) atoms. The zero-order valence-corrected chi connectivity index (χ0v) is 18.8. The number of piperazine rings is 1. The Balaban J connectivity index is 1.62. The zero-order valence-electron chi connectivity index (χ0n) is 17.2. The van der Waals surface area contributed by atoms with Crippen molar-refractivity contribution in [1.82, 2.24) is 19.9 Å². The number of anilines is 1. The van der Waals surface area contributed by atoms with E-state index in [0.717, 1.165) is 32.7 Å². The van der Waals surface area contributed by atoms with Crippen molar-refractivity contribution in [2.24, 2.45) is 0 Å². The predicted octanol–water partition coefficient (Wildman–Crippen LogP) is 4.91.